The fraction of sp³-hybridized carbons (Fsp3) is 0.600. The predicted octanol–water partition coefficient (Wildman–Crippen LogP) is 0.854. The third-order valence-electron chi connectivity index (χ3n) is 4.19. The topological polar surface area (TPSA) is 87.1 Å². The van der Waals surface area contributed by atoms with E-state index >= 15 is 0 Å². The smallest absolute Gasteiger partial charge is 0.237 e. The highest BCUT2D eigenvalue weighted by atomic mass is 127. The van der Waals surface area contributed by atoms with Gasteiger partial charge in [-0.05, 0) is 26.0 Å². The second kappa shape index (κ2) is 8.53. The van der Waals surface area contributed by atoms with Crippen molar-refractivity contribution < 1.29 is 9.21 Å². The van der Waals surface area contributed by atoms with Crippen LogP contribution in [-0.2, 0) is 11.3 Å². The first-order chi connectivity index (χ1) is 10.4. The molecule has 0 unspecified atom stereocenters. The third-order valence-corrected chi connectivity index (χ3v) is 4.19. The summed E-state index contributed by atoms with van der Waals surface area (Å²) in [6.45, 7) is 7.49. The summed E-state index contributed by atoms with van der Waals surface area (Å²) in [6, 6.07) is 3.79. The molecule has 8 heteroatoms. The number of nitrogens with two attached hydrogens (primary N) is 1. The van der Waals surface area contributed by atoms with Crippen LogP contribution < -0.4 is 11.1 Å². The Morgan fingerprint density at radius 2 is 2.04 bits per heavy atom. The summed E-state index contributed by atoms with van der Waals surface area (Å²) in [5.41, 5.74) is 4.87. The van der Waals surface area contributed by atoms with Crippen molar-refractivity contribution in [3.05, 3.63) is 24.2 Å². The number of carbonyl (C=O) groups excluding carboxylic acids is 1. The summed E-state index contributed by atoms with van der Waals surface area (Å²) in [7, 11) is 1.77. The van der Waals surface area contributed by atoms with Crippen molar-refractivity contribution in [2.24, 2.45) is 10.7 Å². The van der Waals surface area contributed by atoms with Gasteiger partial charge in [-0.15, -0.1) is 24.0 Å². The van der Waals surface area contributed by atoms with Crippen LogP contribution in [-0.4, -0.2) is 60.4 Å². The maximum absolute atomic E-state index is 11.5. The van der Waals surface area contributed by atoms with Gasteiger partial charge in [-0.3, -0.25) is 14.7 Å². The first-order valence-corrected chi connectivity index (χ1v) is 7.48. The Balaban J connectivity index is 0.00000264. The van der Waals surface area contributed by atoms with Crippen molar-refractivity contribution in [2.75, 3.05) is 33.2 Å². The highest BCUT2D eigenvalue weighted by Gasteiger charge is 2.35. The molecule has 1 fully saturated rings. The van der Waals surface area contributed by atoms with E-state index in [4.69, 9.17) is 10.2 Å². The zero-order valence-corrected chi connectivity index (χ0v) is 16.2. The van der Waals surface area contributed by atoms with Crippen LogP contribution in [0, 0.1) is 0 Å². The van der Waals surface area contributed by atoms with Gasteiger partial charge in [-0.25, -0.2) is 0 Å². The maximum Gasteiger partial charge on any atom is 0.237 e. The molecule has 1 aromatic heterocycles. The lowest BCUT2D eigenvalue weighted by Gasteiger charge is -2.43. The second-order valence-corrected chi connectivity index (χ2v) is 5.88. The minimum Gasteiger partial charge on any atom is -0.467 e. The normalized spacial score (nSPS) is 16.8. The maximum atomic E-state index is 11.5. The van der Waals surface area contributed by atoms with E-state index in [1.807, 2.05) is 26.0 Å². The Kier molecular flexibility index (Phi) is 7.33. The fourth-order valence-corrected chi connectivity index (χ4v) is 2.54. The molecule has 1 saturated heterocycles. The van der Waals surface area contributed by atoms with Gasteiger partial charge in [0.15, 0.2) is 5.96 Å². The quantitative estimate of drug-likeness (QED) is 0.416. The minimum atomic E-state index is -0.614. The van der Waals surface area contributed by atoms with Gasteiger partial charge >= 0.3 is 0 Å². The monoisotopic (exact) mass is 435 g/mol. The van der Waals surface area contributed by atoms with Crippen LogP contribution in [0.25, 0.3) is 0 Å². The molecule has 1 aliphatic heterocycles. The minimum absolute atomic E-state index is 0. The van der Waals surface area contributed by atoms with Crippen LogP contribution in [0.1, 0.15) is 19.6 Å². The van der Waals surface area contributed by atoms with Gasteiger partial charge in [0.05, 0.1) is 18.3 Å². The van der Waals surface area contributed by atoms with Crippen LogP contribution in [0.15, 0.2) is 27.8 Å². The molecule has 1 aromatic rings. The summed E-state index contributed by atoms with van der Waals surface area (Å²) in [5.74, 6) is 1.42. The third kappa shape index (κ3) is 4.84. The van der Waals surface area contributed by atoms with Crippen molar-refractivity contribution in [1.29, 1.82) is 0 Å². The Morgan fingerprint density at radius 1 is 1.39 bits per heavy atom. The molecule has 0 saturated carbocycles. The zero-order valence-electron chi connectivity index (χ0n) is 13.9. The number of rotatable bonds is 4. The van der Waals surface area contributed by atoms with Gasteiger partial charge in [-0.1, -0.05) is 0 Å². The molecule has 0 atom stereocenters. The number of piperazine rings is 1. The number of furan rings is 1. The van der Waals surface area contributed by atoms with E-state index < -0.39 is 5.54 Å². The number of hydrogen-bond donors (Lipinski definition) is 2. The Hall–Kier alpha value is -1.29. The molecular weight excluding hydrogens is 409 g/mol. The van der Waals surface area contributed by atoms with Gasteiger partial charge in [-0.2, -0.15) is 0 Å². The van der Waals surface area contributed by atoms with E-state index in [0.29, 0.717) is 6.54 Å². The number of hydrogen-bond acceptors (Lipinski definition) is 4. The SMILES string of the molecule is CN=C(NCc1ccco1)N1CCN(C(C)(C)C(N)=O)CC1.I. The highest BCUT2D eigenvalue weighted by Crippen LogP contribution is 2.16. The number of amides is 1. The van der Waals surface area contributed by atoms with E-state index in [-0.39, 0.29) is 29.9 Å². The standard InChI is InChI=1S/C15H25N5O2.HI/c1-15(2,13(16)21)20-8-6-19(7-9-20)14(17-3)18-11-12-5-4-10-22-12;/h4-5,10H,6-9,11H2,1-3H3,(H2,16,21)(H,17,18);1H. The average molecular weight is 435 g/mol. The predicted molar refractivity (Wildman–Crippen MR) is 101 cm³/mol. The second-order valence-electron chi connectivity index (χ2n) is 5.88. The van der Waals surface area contributed by atoms with Crippen LogP contribution in [0.2, 0.25) is 0 Å². The highest BCUT2D eigenvalue weighted by molar-refractivity contribution is 14.0. The van der Waals surface area contributed by atoms with E-state index in [0.717, 1.165) is 37.9 Å². The molecule has 130 valence electrons. The van der Waals surface area contributed by atoms with Crippen molar-refractivity contribution in [1.82, 2.24) is 15.1 Å². The number of nitrogens with one attached hydrogen (secondary N) is 1. The summed E-state index contributed by atoms with van der Waals surface area (Å²) in [6.07, 6.45) is 1.66. The molecule has 1 aliphatic rings. The average Bonchev–Trinajstić information content (AvgIpc) is 3.01. The molecule has 0 aromatic carbocycles. The number of guanidine groups is 1. The first kappa shape index (κ1) is 19.8. The molecule has 0 spiro atoms. The molecule has 0 aliphatic carbocycles. The van der Waals surface area contributed by atoms with Crippen LogP contribution in [0.4, 0.5) is 0 Å². The Labute approximate surface area is 154 Å². The lowest BCUT2D eigenvalue weighted by Crippen LogP contribution is -2.61. The number of halogens is 1. The fourth-order valence-electron chi connectivity index (χ4n) is 2.54. The summed E-state index contributed by atoms with van der Waals surface area (Å²) >= 11 is 0. The first-order valence-electron chi connectivity index (χ1n) is 7.48. The summed E-state index contributed by atoms with van der Waals surface area (Å²) < 4.78 is 5.31. The lowest BCUT2D eigenvalue weighted by molar-refractivity contribution is -0.129. The van der Waals surface area contributed by atoms with Gasteiger partial charge < -0.3 is 20.4 Å². The molecule has 3 N–H and O–H groups in total. The van der Waals surface area contributed by atoms with Crippen molar-refractivity contribution in [3.63, 3.8) is 0 Å². The lowest BCUT2D eigenvalue weighted by atomic mass is 10.0. The molecule has 1 amide bonds. The van der Waals surface area contributed by atoms with Gasteiger partial charge in [0.1, 0.15) is 5.76 Å². The Bertz CT molecular complexity index is 522. The van der Waals surface area contributed by atoms with E-state index in [1.54, 1.807) is 13.3 Å². The molecule has 0 radical (unpaired) electrons. The van der Waals surface area contributed by atoms with Crippen molar-refractivity contribution in [3.8, 4) is 0 Å². The number of primary amides is 1. The molecule has 2 rings (SSSR count). The molecule has 2 heterocycles. The van der Waals surface area contributed by atoms with E-state index in [9.17, 15) is 4.79 Å². The number of carbonyl (C=O) groups is 1. The van der Waals surface area contributed by atoms with E-state index in [1.165, 1.54) is 0 Å². The van der Waals surface area contributed by atoms with Crippen molar-refractivity contribution >= 4 is 35.8 Å². The molecule has 23 heavy (non-hydrogen) atoms. The number of nitrogens with zero attached hydrogens (tertiary/aromatic N) is 3. The van der Waals surface area contributed by atoms with Crippen molar-refractivity contribution in [2.45, 2.75) is 25.9 Å². The van der Waals surface area contributed by atoms with Gasteiger partial charge in [0.25, 0.3) is 0 Å². The number of aliphatic imine (C=N–C) groups is 1. The van der Waals surface area contributed by atoms with E-state index in [2.05, 4.69) is 20.1 Å². The largest absolute Gasteiger partial charge is 0.467 e. The van der Waals surface area contributed by atoms with Crippen LogP contribution >= 0.6 is 24.0 Å². The zero-order chi connectivity index (χ0) is 16.2. The summed E-state index contributed by atoms with van der Waals surface area (Å²) in [5, 5.41) is 3.29. The Morgan fingerprint density at radius 3 is 2.52 bits per heavy atom. The molecule has 7 nitrogen and oxygen atoms in total. The summed E-state index contributed by atoms with van der Waals surface area (Å²) in [4.78, 5) is 20.2. The van der Waals surface area contributed by atoms with Crippen LogP contribution in [0.3, 0.4) is 0 Å². The molecule has 0 bridgehead atoms. The molecular formula is C15H26IN5O2. The van der Waals surface area contributed by atoms with Gasteiger partial charge in [0.2, 0.25) is 5.91 Å². The van der Waals surface area contributed by atoms with Crippen LogP contribution in [0.5, 0.6) is 0 Å². The van der Waals surface area contributed by atoms with Gasteiger partial charge in [0, 0.05) is 33.2 Å².